The third kappa shape index (κ3) is 3.35. The van der Waals surface area contributed by atoms with Gasteiger partial charge in [-0.25, -0.2) is 4.39 Å². The fourth-order valence-electron chi connectivity index (χ4n) is 3.28. The lowest BCUT2D eigenvalue weighted by Crippen LogP contribution is -2.32. The van der Waals surface area contributed by atoms with Gasteiger partial charge in [-0.1, -0.05) is 47.6 Å². The maximum atomic E-state index is 13.0. The minimum absolute atomic E-state index is 0.0152. The van der Waals surface area contributed by atoms with Gasteiger partial charge in [0.15, 0.2) is 0 Å². The van der Waals surface area contributed by atoms with Gasteiger partial charge in [0.2, 0.25) is 17.6 Å². The summed E-state index contributed by atoms with van der Waals surface area (Å²) in [5.41, 5.74) is 1.67. The van der Waals surface area contributed by atoms with Crippen molar-refractivity contribution in [2.45, 2.75) is 25.3 Å². The molecule has 0 aliphatic carbocycles. The van der Waals surface area contributed by atoms with Crippen molar-refractivity contribution < 1.29 is 13.7 Å². The smallest absolute Gasteiger partial charge is 0.249 e. The molecule has 1 saturated heterocycles. The molecule has 0 radical (unpaired) electrons. The number of likely N-dealkylation sites (tertiary alicyclic amines) is 1. The minimum atomic E-state index is -0.306. The highest BCUT2D eigenvalue weighted by Crippen LogP contribution is 2.32. The van der Waals surface area contributed by atoms with E-state index in [-0.39, 0.29) is 24.2 Å². The van der Waals surface area contributed by atoms with E-state index in [9.17, 15) is 9.18 Å². The lowest BCUT2D eigenvalue weighted by Gasteiger charge is -2.21. The topological polar surface area (TPSA) is 59.2 Å². The molecule has 1 fully saturated rings. The van der Waals surface area contributed by atoms with E-state index in [2.05, 4.69) is 10.1 Å². The van der Waals surface area contributed by atoms with Crippen molar-refractivity contribution in [3.05, 3.63) is 71.9 Å². The molecule has 132 valence electrons. The molecule has 1 aromatic heterocycles. The average molecular weight is 351 g/mol. The highest BCUT2D eigenvalue weighted by Gasteiger charge is 2.34. The Morgan fingerprint density at radius 2 is 1.92 bits per heavy atom. The number of hydrogen-bond donors (Lipinski definition) is 0. The van der Waals surface area contributed by atoms with Crippen molar-refractivity contribution in [1.29, 1.82) is 0 Å². The largest absolute Gasteiger partial charge is 0.337 e. The standard InChI is InChI=1S/C20H18FN3O2/c21-16-10-8-14(9-11-16)13-18(25)24-12-4-7-17(24)20-22-19(23-26-20)15-5-2-1-3-6-15/h1-3,5-6,8-11,17H,4,7,12-13H2/t17-/m0/s1. The number of nitrogens with zero attached hydrogens (tertiary/aromatic N) is 3. The second kappa shape index (κ2) is 7.07. The molecule has 1 atom stereocenters. The van der Waals surface area contributed by atoms with E-state index in [0.29, 0.717) is 18.3 Å². The van der Waals surface area contributed by atoms with Crippen molar-refractivity contribution in [2.24, 2.45) is 0 Å². The van der Waals surface area contributed by atoms with Gasteiger partial charge in [0.05, 0.1) is 6.42 Å². The highest BCUT2D eigenvalue weighted by molar-refractivity contribution is 5.79. The van der Waals surface area contributed by atoms with Gasteiger partial charge in [0.1, 0.15) is 11.9 Å². The van der Waals surface area contributed by atoms with Gasteiger partial charge in [-0.05, 0) is 30.5 Å². The van der Waals surface area contributed by atoms with E-state index < -0.39 is 0 Å². The van der Waals surface area contributed by atoms with Crippen molar-refractivity contribution in [2.75, 3.05) is 6.54 Å². The van der Waals surface area contributed by atoms with E-state index in [0.717, 1.165) is 24.0 Å². The summed E-state index contributed by atoms with van der Waals surface area (Å²) in [5.74, 6) is 0.672. The Morgan fingerprint density at radius 3 is 2.69 bits per heavy atom. The SMILES string of the molecule is O=C(Cc1ccc(F)cc1)N1CCC[C@H]1c1nc(-c2ccccc2)no1. The summed E-state index contributed by atoms with van der Waals surface area (Å²) in [6.45, 7) is 0.660. The number of benzene rings is 2. The summed E-state index contributed by atoms with van der Waals surface area (Å²) >= 11 is 0. The fourth-order valence-corrected chi connectivity index (χ4v) is 3.28. The van der Waals surface area contributed by atoms with Crippen molar-refractivity contribution in [3.8, 4) is 11.4 Å². The Bertz CT molecular complexity index is 893. The predicted molar refractivity (Wildman–Crippen MR) is 93.5 cm³/mol. The van der Waals surface area contributed by atoms with Crippen LogP contribution >= 0.6 is 0 Å². The number of halogens is 1. The molecule has 0 saturated carbocycles. The number of carbonyl (C=O) groups excluding carboxylic acids is 1. The molecule has 3 aromatic rings. The molecular formula is C20H18FN3O2. The quantitative estimate of drug-likeness (QED) is 0.718. The zero-order chi connectivity index (χ0) is 17.9. The third-order valence-corrected chi connectivity index (χ3v) is 4.60. The Hall–Kier alpha value is -3.02. The monoisotopic (exact) mass is 351 g/mol. The van der Waals surface area contributed by atoms with Crippen LogP contribution in [0.1, 0.15) is 30.3 Å². The van der Waals surface area contributed by atoms with Crippen LogP contribution in [-0.2, 0) is 11.2 Å². The maximum absolute atomic E-state index is 13.0. The van der Waals surface area contributed by atoms with Gasteiger partial charge in [-0.3, -0.25) is 4.79 Å². The average Bonchev–Trinajstić information content (AvgIpc) is 3.33. The van der Waals surface area contributed by atoms with E-state index in [1.807, 2.05) is 30.3 Å². The first-order valence-electron chi connectivity index (χ1n) is 8.63. The first kappa shape index (κ1) is 16.4. The Balaban J connectivity index is 1.50. The summed E-state index contributed by atoms with van der Waals surface area (Å²) < 4.78 is 18.5. The lowest BCUT2D eigenvalue weighted by atomic mass is 10.1. The molecule has 2 heterocycles. The molecular weight excluding hydrogens is 333 g/mol. The molecule has 26 heavy (non-hydrogen) atoms. The van der Waals surface area contributed by atoms with Crippen LogP contribution in [0.25, 0.3) is 11.4 Å². The van der Waals surface area contributed by atoms with Crippen LogP contribution in [0.2, 0.25) is 0 Å². The summed E-state index contributed by atoms with van der Waals surface area (Å²) in [6, 6.07) is 15.4. The van der Waals surface area contributed by atoms with E-state index in [1.54, 1.807) is 17.0 Å². The van der Waals surface area contributed by atoms with Gasteiger partial charge >= 0.3 is 0 Å². The minimum Gasteiger partial charge on any atom is -0.337 e. The van der Waals surface area contributed by atoms with Crippen molar-refractivity contribution in [3.63, 3.8) is 0 Å². The van der Waals surface area contributed by atoms with Crippen molar-refractivity contribution in [1.82, 2.24) is 15.0 Å². The summed E-state index contributed by atoms with van der Waals surface area (Å²) in [4.78, 5) is 19.0. The normalized spacial score (nSPS) is 16.8. The Kier molecular flexibility index (Phi) is 4.48. The second-order valence-corrected chi connectivity index (χ2v) is 6.37. The van der Waals surface area contributed by atoms with E-state index in [4.69, 9.17) is 4.52 Å². The van der Waals surface area contributed by atoms with E-state index >= 15 is 0 Å². The van der Waals surface area contributed by atoms with Gasteiger partial charge in [-0.15, -0.1) is 0 Å². The van der Waals surface area contributed by atoms with Crippen LogP contribution in [0.3, 0.4) is 0 Å². The van der Waals surface area contributed by atoms with Crippen LogP contribution in [0.5, 0.6) is 0 Å². The van der Waals surface area contributed by atoms with Crippen LogP contribution in [0.15, 0.2) is 59.1 Å². The first-order chi connectivity index (χ1) is 12.7. The van der Waals surface area contributed by atoms with Crippen LogP contribution in [-0.4, -0.2) is 27.5 Å². The van der Waals surface area contributed by atoms with Gasteiger partial charge in [0.25, 0.3) is 0 Å². The molecule has 1 aliphatic rings. The zero-order valence-electron chi connectivity index (χ0n) is 14.1. The predicted octanol–water partition coefficient (Wildman–Crippen LogP) is 3.78. The number of aromatic nitrogens is 2. The Labute approximate surface area is 150 Å². The van der Waals surface area contributed by atoms with Crippen molar-refractivity contribution >= 4 is 5.91 Å². The van der Waals surface area contributed by atoms with Gasteiger partial charge in [0, 0.05) is 12.1 Å². The second-order valence-electron chi connectivity index (χ2n) is 6.37. The lowest BCUT2D eigenvalue weighted by molar-refractivity contribution is -0.131. The zero-order valence-corrected chi connectivity index (χ0v) is 14.1. The number of rotatable bonds is 4. The molecule has 6 heteroatoms. The maximum Gasteiger partial charge on any atom is 0.249 e. The third-order valence-electron chi connectivity index (χ3n) is 4.60. The number of carbonyl (C=O) groups is 1. The molecule has 2 aromatic carbocycles. The molecule has 4 rings (SSSR count). The summed E-state index contributed by atoms with van der Waals surface area (Å²) in [5, 5.41) is 4.05. The molecule has 0 unspecified atom stereocenters. The number of amides is 1. The molecule has 1 aliphatic heterocycles. The first-order valence-corrected chi connectivity index (χ1v) is 8.63. The number of hydrogen-bond acceptors (Lipinski definition) is 4. The molecule has 5 nitrogen and oxygen atoms in total. The van der Waals surface area contributed by atoms with Gasteiger partial charge < -0.3 is 9.42 Å². The van der Waals surface area contributed by atoms with E-state index in [1.165, 1.54) is 12.1 Å². The highest BCUT2D eigenvalue weighted by atomic mass is 19.1. The molecule has 0 N–H and O–H groups in total. The Morgan fingerprint density at radius 1 is 1.15 bits per heavy atom. The van der Waals surface area contributed by atoms with Crippen LogP contribution < -0.4 is 0 Å². The van der Waals surface area contributed by atoms with Crippen LogP contribution in [0.4, 0.5) is 4.39 Å². The van der Waals surface area contributed by atoms with Gasteiger partial charge in [-0.2, -0.15) is 4.98 Å². The molecule has 0 spiro atoms. The summed E-state index contributed by atoms with van der Waals surface area (Å²) in [7, 11) is 0. The fraction of sp³-hybridized carbons (Fsp3) is 0.250. The summed E-state index contributed by atoms with van der Waals surface area (Å²) in [6.07, 6.45) is 1.92. The van der Waals surface area contributed by atoms with Crippen LogP contribution in [0, 0.1) is 5.82 Å². The molecule has 0 bridgehead atoms. The molecule has 1 amide bonds.